The van der Waals surface area contributed by atoms with E-state index in [0.29, 0.717) is 31.0 Å². The Morgan fingerprint density at radius 1 is 1.15 bits per heavy atom. The molecular weight excluding hydrogens is 388 g/mol. The van der Waals surface area contributed by atoms with E-state index in [1.54, 1.807) is 0 Å². The van der Waals surface area contributed by atoms with Gasteiger partial charge < -0.3 is 10.6 Å². The molecule has 0 unspecified atom stereocenters. The highest BCUT2D eigenvalue weighted by atomic mass is 79.9. The summed E-state index contributed by atoms with van der Waals surface area (Å²) in [4.78, 5) is 25.2. The first kappa shape index (κ1) is 15.5. The van der Waals surface area contributed by atoms with Gasteiger partial charge in [-0.05, 0) is 37.0 Å². The van der Waals surface area contributed by atoms with Crippen LogP contribution in [0.3, 0.4) is 0 Å². The summed E-state index contributed by atoms with van der Waals surface area (Å²) >= 11 is 6.78. The maximum atomic E-state index is 12.4. The molecule has 1 aliphatic heterocycles. The lowest BCUT2D eigenvalue weighted by atomic mass is 9.93. The molecule has 2 N–H and O–H groups in total. The predicted octanol–water partition coefficient (Wildman–Crippen LogP) is 2.94. The van der Waals surface area contributed by atoms with Crippen LogP contribution >= 0.6 is 31.9 Å². The van der Waals surface area contributed by atoms with Crippen LogP contribution in [0.15, 0.2) is 27.1 Å². The van der Waals surface area contributed by atoms with E-state index in [2.05, 4.69) is 31.9 Å². The molecule has 0 bridgehead atoms. The van der Waals surface area contributed by atoms with Crippen LogP contribution in [0.1, 0.15) is 29.6 Å². The van der Waals surface area contributed by atoms with Crippen molar-refractivity contribution in [1.82, 2.24) is 4.90 Å². The van der Waals surface area contributed by atoms with Gasteiger partial charge in [0.1, 0.15) is 0 Å². The Hall–Kier alpha value is -0.880. The summed E-state index contributed by atoms with van der Waals surface area (Å²) in [5, 5.41) is 0. The predicted molar refractivity (Wildman–Crippen MR) is 84.3 cm³/mol. The van der Waals surface area contributed by atoms with Crippen molar-refractivity contribution in [3.63, 3.8) is 0 Å². The summed E-state index contributed by atoms with van der Waals surface area (Å²) in [5.74, 6) is 0.0843. The summed E-state index contributed by atoms with van der Waals surface area (Å²) in [6.07, 6.45) is 2.10. The quantitative estimate of drug-likeness (QED) is 0.843. The fourth-order valence-electron chi connectivity index (χ4n) is 2.48. The van der Waals surface area contributed by atoms with Gasteiger partial charge in [-0.15, -0.1) is 0 Å². The van der Waals surface area contributed by atoms with Crippen molar-refractivity contribution in [2.45, 2.75) is 19.3 Å². The molecule has 0 aliphatic carbocycles. The van der Waals surface area contributed by atoms with Crippen molar-refractivity contribution < 1.29 is 9.59 Å². The number of halogens is 2. The number of nitrogens with zero attached hydrogens (tertiary/aromatic N) is 1. The summed E-state index contributed by atoms with van der Waals surface area (Å²) < 4.78 is 1.75. The van der Waals surface area contributed by atoms with Gasteiger partial charge in [0.05, 0.1) is 0 Å². The van der Waals surface area contributed by atoms with E-state index in [4.69, 9.17) is 5.73 Å². The Morgan fingerprint density at radius 2 is 1.70 bits per heavy atom. The number of likely N-dealkylation sites (tertiary alicyclic amines) is 1. The maximum Gasteiger partial charge on any atom is 0.253 e. The second kappa shape index (κ2) is 6.72. The van der Waals surface area contributed by atoms with E-state index in [-0.39, 0.29) is 11.8 Å². The molecule has 0 aromatic heterocycles. The van der Waals surface area contributed by atoms with Crippen LogP contribution in [-0.2, 0) is 4.79 Å². The fourth-order valence-corrected chi connectivity index (χ4v) is 3.78. The highest BCUT2D eigenvalue weighted by Gasteiger charge is 2.24. The molecule has 0 atom stereocenters. The van der Waals surface area contributed by atoms with Crippen LogP contribution < -0.4 is 5.73 Å². The van der Waals surface area contributed by atoms with Crippen LogP contribution in [0.5, 0.6) is 0 Å². The minimum Gasteiger partial charge on any atom is -0.370 e. The van der Waals surface area contributed by atoms with Gasteiger partial charge in [-0.2, -0.15) is 0 Å². The molecule has 2 rings (SSSR count). The average Bonchev–Trinajstić information content (AvgIpc) is 2.37. The number of amides is 2. The van der Waals surface area contributed by atoms with Crippen molar-refractivity contribution in [2.24, 2.45) is 11.7 Å². The minimum absolute atomic E-state index is 0.0320. The van der Waals surface area contributed by atoms with Crippen molar-refractivity contribution >= 4 is 43.7 Å². The molecule has 1 aromatic rings. The van der Waals surface area contributed by atoms with Crippen LogP contribution in [0.2, 0.25) is 0 Å². The first-order valence-electron chi connectivity index (χ1n) is 6.49. The molecule has 1 aromatic carbocycles. The largest absolute Gasteiger partial charge is 0.370 e. The van der Waals surface area contributed by atoms with Crippen molar-refractivity contribution in [1.29, 1.82) is 0 Å². The van der Waals surface area contributed by atoms with E-state index in [0.717, 1.165) is 21.8 Å². The molecule has 0 radical (unpaired) electrons. The highest BCUT2D eigenvalue weighted by molar-refractivity contribution is 9.11. The molecule has 0 spiro atoms. The second-order valence-electron chi connectivity index (χ2n) is 5.06. The van der Waals surface area contributed by atoms with Gasteiger partial charge in [0, 0.05) is 34.0 Å². The van der Waals surface area contributed by atoms with Gasteiger partial charge in [0.2, 0.25) is 5.91 Å². The Balaban J connectivity index is 1.99. The van der Waals surface area contributed by atoms with Crippen molar-refractivity contribution in [2.75, 3.05) is 13.1 Å². The lowest BCUT2D eigenvalue weighted by molar-refractivity contribution is -0.119. The number of benzene rings is 1. The number of hydrogen-bond acceptors (Lipinski definition) is 2. The second-order valence-corrected chi connectivity index (χ2v) is 6.90. The van der Waals surface area contributed by atoms with Gasteiger partial charge in [-0.3, -0.25) is 9.59 Å². The van der Waals surface area contributed by atoms with E-state index in [1.165, 1.54) is 0 Å². The number of hydrogen-bond donors (Lipinski definition) is 1. The van der Waals surface area contributed by atoms with E-state index in [9.17, 15) is 9.59 Å². The topological polar surface area (TPSA) is 63.4 Å². The summed E-state index contributed by atoms with van der Waals surface area (Å²) in [5.41, 5.74) is 5.88. The third kappa shape index (κ3) is 4.06. The fraction of sp³-hybridized carbons (Fsp3) is 0.429. The molecule has 20 heavy (non-hydrogen) atoms. The van der Waals surface area contributed by atoms with Gasteiger partial charge in [0.25, 0.3) is 5.91 Å². The van der Waals surface area contributed by atoms with Gasteiger partial charge in [-0.25, -0.2) is 0 Å². The zero-order valence-electron chi connectivity index (χ0n) is 10.9. The standard InChI is InChI=1S/C14H16Br2N2O2/c15-11-6-10(7-12(16)8-11)14(20)18-3-1-9(2-4-18)5-13(17)19/h6-9H,1-5H2,(H2,17,19). The normalized spacial score (nSPS) is 16.2. The van der Waals surface area contributed by atoms with Gasteiger partial charge in [-0.1, -0.05) is 31.9 Å². The minimum atomic E-state index is -0.259. The Morgan fingerprint density at radius 3 is 2.20 bits per heavy atom. The Kier molecular flexibility index (Phi) is 5.21. The van der Waals surface area contributed by atoms with Crippen LogP contribution in [0.25, 0.3) is 0 Å². The number of piperidine rings is 1. The molecule has 2 amide bonds. The molecule has 108 valence electrons. The molecule has 4 nitrogen and oxygen atoms in total. The van der Waals surface area contributed by atoms with Crippen molar-refractivity contribution in [3.05, 3.63) is 32.7 Å². The molecule has 1 heterocycles. The summed E-state index contributed by atoms with van der Waals surface area (Å²) in [6, 6.07) is 5.54. The molecule has 1 aliphatic rings. The maximum absolute atomic E-state index is 12.4. The summed E-state index contributed by atoms with van der Waals surface area (Å²) in [6.45, 7) is 1.36. The number of rotatable bonds is 3. The third-order valence-corrected chi connectivity index (χ3v) is 4.42. The molecule has 0 saturated carbocycles. The molecule has 1 fully saturated rings. The smallest absolute Gasteiger partial charge is 0.253 e. The lowest BCUT2D eigenvalue weighted by Gasteiger charge is -2.31. The Labute approximate surface area is 135 Å². The van der Waals surface area contributed by atoms with Crippen LogP contribution in [-0.4, -0.2) is 29.8 Å². The van der Waals surface area contributed by atoms with Crippen LogP contribution in [0.4, 0.5) is 0 Å². The van der Waals surface area contributed by atoms with E-state index >= 15 is 0 Å². The third-order valence-electron chi connectivity index (χ3n) is 3.50. The number of carbonyl (C=O) groups excluding carboxylic acids is 2. The van der Waals surface area contributed by atoms with Crippen molar-refractivity contribution in [3.8, 4) is 0 Å². The first-order valence-corrected chi connectivity index (χ1v) is 8.08. The average molecular weight is 404 g/mol. The SMILES string of the molecule is NC(=O)CC1CCN(C(=O)c2cc(Br)cc(Br)c2)CC1. The van der Waals surface area contributed by atoms with Gasteiger partial charge >= 0.3 is 0 Å². The number of nitrogens with two attached hydrogens (primary N) is 1. The molecular formula is C14H16Br2N2O2. The lowest BCUT2D eigenvalue weighted by Crippen LogP contribution is -2.39. The highest BCUT2D eigenvalue weighted by Crippen LogP contribution is 2.24. The van der Waals surface area contributed by atoms with Crippen LogP contribution in [0, 0.1) is 5.92 Å². The zero-order valence-corrected chi connectivity index (χ0v) is 14.1. The van der Waals surface area contributed by atoms with Gasteiger partial charge in [0.15, 0.2) is 0 Å². The number of carbonyl (C=O) groups is 2. The zero-order chi connectivity index (χ0) is 14.7. The first-order chi connectivity index (χ1) is 9.45. The van der Waals surface area contributed by atoms with E-state index in [1.807, 2.05) is 23.1 Å². The Bertz CT molecular complexity index is 506. The van der Waals surface area contributed by atoms with E-state index < -0.39 is 0 Å². The number of primary amides is 1. The monoisotopic (exact) mass is 402 g/mol. The molecule has 1 saturated heterocycles. The molecule has 6 heteroatoms. The summed E-state index contributed by atoms with van der Waals surface area (Å²) in [7, 11) is 0.